The van der Waals surface area contributed by atoms with Crippen molar-refractivity contribution < 1.29 is 14.1 Å². The van der Waals surface area contributed by atoms with Gasteiger partial charge in [-0.1, -0.05) is 0 Å². The first-order valence-corrected chi connectivity index (χ1v) is 9.17. The number of carbonyl (C=O) groups excluding carboxylic acids is 1. The highest BCUT2D eigenvalue weighted by Crippen LogP contribution is 2.20. The minimum atomic E-state index is -0.610. The van der Waals surface area contributed by atoms with E-state index in [1.165, 1.54) is 22.8 Å². The molecular formula is C20H17N5O5. The van der Waals surface area contributed by atoms with Gasteiger partial charge in [0.15, 0.2) is 5.58 Å². The number of nitrogens with zero attached hydrogens (tertiary/aromatic N) is 4. The van der Waals surface area contributed by atoms with Gasteiger partial charge >= 0.3 is 5.76 Å². The lowest BCUT2D eigenvalue weighted by molar-refractivity contribution is -0.384. The number of carbonyl (C=O) groups is 1. The molecule has 4 rings (SSSR count). The Labute approximate surface area is 169 Å². The number of hydrogen-bond acceptors (Lipinski definition) is 6. The minimum absolute atomic E-state index is 0.150. The molecule has 4 aromatic rings. The number of nitrogens with one attached hydrogen (secondary N) is 1. The van der Waals surface area contributed by atoms with E-state index in [4.69, 9.17) is 4.42 Å². The van der Waals surface area contributed by atoms with Crippen LogP contribution in [0.15, 0.2) is 70.4 Å². The number of amides is 1. The number of aromatic nitrogens is 3. The Bertz CT molecular complexity index is 1260. The van der Waals surface area contributed by atoms with E-state index in [9.17, 15) is 19.7 Å². The van der Waals surface area contributed by atoms with Crippen molar-refractivity contribution in [1.82, 2.24) is 14.1 Å². The normalized spacial score (nSPS) is 10.9. The van der Waals surface area contributed by atoms with E-state index < -0.39 is 10.7 Å². The van der Waals surface area contributed by atoms with Gasteiger partial charge in [0.25, 0.3) is 5.69 Å². The molecule has 1 amide bonds. The second kappa shape index (κ2) is 8.03. The summed E-state index contributed by atoms with van der Waals surface area (Å²) < 4.78 is 8.30. The molecule has 0 aliphatic carbocycles. The van der Waals surface area contributed by atoms with Crippen LogP contribution in [0.2, 0.25) is 0 Å². The number of benzene rings is 2. The van der Waals surface area contributed by atoms with Crippen molar-refractivity contribution in [2.24, 2.45) is 0 Å². The molecular weight excluding hydrogens is 390 g/mol. The monoisotopic (exact) mass is 407 g/mol. The number of anilines is 1. The number of imidazole rings is 1. The zero-order valence-corrected chi connectivity index (χ0v) is 15.7. The maximum Gasteiger partial charge on any atom is 0.419 e. The summed E-state index contributed by atoms with van der Waals surface area (Å²) in [5, 5.41) is 13.7. The van der Waals surface area contributed by atoms with Gasteiger partial charge in [0, 0.05) is 42.8 Å². The third-order valence-corrected chi connectivity index (χ3v) is 4.60. The van der Waals surface area contributed by atoms with Crippen LogP contribution in [0.4, 0.5) is 11.4 Å². The highest BCUT2D eigenvalue weighted by atomic mass is 16.6. The Kier molecular flexibility index (Phi) is 5.12. The number of hydrogen-bond donors (Lipinski definition) is 1. The number of non-ortho nitro benzene ring substituents is 1. The molecule has 152 valence electrons. The van der Waals surface area contributed by atoms with Gasteiger partial charge in [0.1, 0.15) is 0 Å². The Morgan fingerprint density at radius 3 is 2.70 bits per heavy atom. The average molecular weight is 407 g/mol. The molecule has 0 radical (unpaired) electrons. The molecule has 0 saturated heterocycles. The number of rotatable bonds is 7. The number of fused-ring (bicyclic) bond motifs is 1. The van der Waals surface area contributed by atoms with E-state index in [1.807, 2.05) is 22.9 Å². The SMILES string of the molecule is O=C(CCCn1c(=O)oc2cc([N+](=O)[O-])ccc21)Nc1ccc(-n2ccnc2)cc1. The molecule has 0 aliphatic heterocycles. The zero-order valence-electron chi connectivity index (χ0n) is 15.7. The van der Waals surface area contributed by atoms with Gasteiger partial charge in [0.2, 0.25) is 5.91 Å². The fourth-order valence-electron chi connectivity index (χ4n) is 3.13. The van der Waals surface area contributed by atoms with Crippen LogP contribution >= 0.6 is 0 Å². The average Bonchev–Trinajstić information content (AvgIpc) is 3.36. The second-order valence-electron chi connectivity index (χ2n) is 6.60. The predicted molar refractivity (Wildman–Crippen MR) is 109 cm³/mol. The van der Waals surface area contributed by atoms with Crippen LogP contribution < -0.4 is 11.1 Å². The van der Waals surface area contributed by atoms with E-state index in [2.05, 4.69) is 10.3 Å². The Morgan fingerprint density at radius 2 is 2.00 bits per heavy atom. The van der Waals surface area contributed by atoms with Crippen molar-refractivity contribution in [3.8, 4) is 5.69 Å². The standard InChI is InChI=1S/C20H17N5O5/c26-19(22-14-3-5-15(6-4-14)23-11-9-21-13-23)2-1-10-24-17-8-7-16(25(28)29)12-18(17)30-20(24)27/h3-9,11-13H,1-2,10H2,(H,22,26). The molecule has 0 bridgehead atoms. The van der Waals surface area contributed by atoms with E-state index in [-0.39, 0.29) is 30.1 Å². The van der Waals surface area contributed by atoms with Crippen LogP contribution in [-0.4, -0.2) is 24.9 Å². The summed E-state index contributed by atoms with van der Waals surface area (Å²) >= 11 is 0. The van der Waals surface area contributed by atoms with Crippen LogP contribution in [0, 0.1) is 10.1 Å². The quantitative estimate of drug-likeness (QED) is 0.371. The Balaban J connectivity index is 1.35. The molecule has 0 fully saturated rings. The lowest BCUT2D eigenvalue weighted by Crippen LogP contribution is -2.17. The van der Waals surface area contributed by atoms with Gasteiger partial charge in [-0.15, -0.1) is 0 Å². The molecule has 0 aliphatic rings. The fourth-order valence-corrected chi connectivity index (χ4v) is 3.13. The van der Waals surface area contributed by atoms with E-state index in [0.29, 0.717) is 17.6 Å². The molecule has 30 heavy (non-hydrogen) atoms. The lowest BCUT2D eigenvalue weighted by Gasteiger charge is -2.07. The fraction of sp³-hybridized carbons (Fsp3) is 0.150. The second-order valence-corrected chi connectivity index (χ2v) is 6.60. The van der Waals surface area contributed by atoms with E-state index >= 15 is 0 Å². The van der Waals surface area contributed by atoms with Gasteiger partial charge in [0.05, 0.1) is 22.8 Å². The maximum absolute atomic E-state index is 12.2. The molecule has 10 nitrogen and oxygen atoms in total. The molecule has 1 N–H and O–H groups in total. The molecule has 2 heterocycles. The van der Waals surface area contributed by atoms with Crippen molar-refractivity contribution in [3.63, 3.8) is 0 Å². The third-order valence-electron chi connectivity index (χ3n) is 4.60. The first-order valence-electron chi connectivity index (χ1n) is 9.17. The summed E-state index contributed by atoms with van der Waals surface area (Å²) in [6.07, 6.45) is 5.81. The summed E-state index contributed by atoms with van der Waals surface area (Å²) in [7, 11) is 0. The summed E-state index contributed by atoms with van der Waals surface area (Å²) in [6.45, 7) is 0.261. The first-order chi connectivity index (χ1) is 14.5. The highest BCUT2D eigenvalue weighted by Gasteiger charge is 2.14. The van der Waals surface area contributed by atoms with Gasteiger partial charge in [-0.05, 0) is 36.8 Å². The van der Waals surface area contributed by atoms with Crippen molar-refractivity contribution in [1.29, 1.82) is 0 Å². The molecule has 2 aromatic heterocycles. The Hall–Kier alpha value is -4.21. The molecule has 0 saturated carbocycles. The summed E-state index contributed by atoms with van der Waals surface area (Å²) in [6, 6.07) is 11.3. The number of nitro benzene ring substituents is 1. The number of aryl methyl sites for hydroxylation is 1. The minimum Gasteiger partial charge on any atom is -0.407 e. The molecule has 0 spiro atoms. The molecule has 2 aromatic carbocycles. The van der Waals surface area contributed by atoms with Gasteiger partial charge in [-0.3, -0.25) is 19.5 Å². The number of nitro groups is 1. The topological polar surface area (TPSA) is 125 Å². The van der Waals surface area contributed by atoms with Gasteiger partial charge in [-0.25, -0.2) is 9.78 Å². The van der Waals surface area contributed by atoms with Gasteiger partial charge < -0.3 is 14.3 Å². The largest absolute Gasteiger partial charge is 0.419 e. The first kappa shape index (κ1) is 19.1. The molecule has 0 atom stereocenters. The van der Waals surface area contributed by atoms with Crippen LogP contribution in [0.5, 0.6) is 0 Å². The van der Waals surface area contributed by atoms with Crippen LogP contribution in [0.3, 0.4) is 0 Å². The van der Waals surface area contributed by atoms with Crippen molar-refractivity contribution in [3.05, 3.63) is 81.9 Å². The lowest BCUT2D eigenvalue weighted by atomic mass is 10.2. The smallest absolute Gasteiger partial charge is 0.407 e. The van der Waals surface area contributed by atoms with Crippen LogP contribution in [0.25, 0.3) is 16.8 Å². The Morgan fingerprint density at radius 1 is 1.20 bits per heavy atom. The summed E-state index contributed by atoms with van der Waals surface area (Å²) in [4.78, 5) is 38.5. The number of oxazole rings is 1. The van der Waals surface area contributed by atoms with Crippen molar-refractivity contribution >= 4 is 28.4 Å². The third kappa shape index (κ3) is 3.97. The zero-order chi connectivity index (χ0) is 21.1. The molecule has 0 unspecified atom stereocenters. The maximum atomic E-state index is 12.2. The summed E-state index contributed by atoms with van der Waals surface area (Å²) in [5.74, 6) is -0.789. The molecule has 10 heteroatoms. The van der Waals surface area contributed by atoms with E-state index in [0.717, 1.165) is 5.69 Å². The summed E-state index contributed by atoms with van der Waals surface area (Å²) in [5.41, 5.74) is 2.05. The van der Waals surface area contributed by atoms with E-state index in [1.54, 1.807) is 24.7 Å². The highest BCUT2D eigenvalue weighted by molar-refractivity contribution is 5.90. The predicted octanol–water partition coefficient (Wildman–Crippen LogP) is 3.11. The van der Waals surface area contributed by atoms with Crippen LogP contribution in [0.1, 0.15) is 12.8 Å². The van der Waals surface area contributed by atoms with Crippen LogP contribution in [-0.2, 0) is 11.3 Å². The van der Waals surface area contributed by atoms with Crippen molar-refractivity contribution in [2.45, 2.75) is 19.4 Å². The van der Waals surface area contributed by atoms with Gasteiger partial charge in [-0.2, -0.15) is 0 Å². The van der Waals surface area contributed by atoms with Crippen molar-refractivity contribution in [2.75, 3.05) is 5.32 Å².